The van der Waals surface area contributed by atoms with Crippen LogP contribution in [0.15, 0.2) is 40.5 Å². The van der Waals surface area contributed by atoms with Crippen LogP contribution in [0.2, 0.25) is 0 Å². The summed E-state index contributed by atoms with van der Waals surface area (Å²) in [4.78, 5) is 32.4. The number of nitrogens with two attached hydrogens (primary N) is 1. The van der Waals surface area contributed by atoms with Gasteiger partial charge in [-0.25, -0.2) is 4.98 Å². The molecule has 3 N–H and O–H groups in total. The van der Waals surface area contributed by atoms with Crippen LogP contribution in [-0.4, -0.2) is 22.0 Å². The molecule has 1 aliphatic carbocycles. The number of amides is 1. The number of nitrogens with one attached hydrogen (secondary N) is 1. The van der Waals surface area contributed by atoms with Gasteiger partial charge in [-0.2, -0.15) is 0 Å². The van der Waals surface area contributed by atoms with Crippen molar-refractivity contribution >= 4 is 28.1 Å². The number of nitrogens with zero attached hydrogens (tertiary/aromatic N) is 2. The molecule has 3 aromatic rings. The van der Waals surface area contributed by atoms with E-state index in [-0.39, 0.29) is 12.1 Å². The third-order valence-electron chi connectivity index (χ3n) is 5.96. The summed E-state index contributed by atoms with van der Waals surface area (Å²) in [6.45, 7) is 1.52. The van der Waals surface area contributed by atoms with E-state index < -0.39 is 5.91 Å². The number of primary amides is 1. The molecule has 1 amide bonds. The largest absolute Gasteiger partial charge is 0.368 e. The van der Waals surface area contributed by atoms with Crippen molar-refractivity contribution in [2.24, 2.45) is 11.7 Å². The highest BCUT2D eigenvalue weighted by Gasteiger charge is 2.43. The van der Waals surface area contributed by atoms with Gasteiger partial charge >= 0.3 is 0 Å². The quantitative estimate of drug-likeness (QED) is 0.677. The van der Waals surface area contributed by atoms with E-state index in [0.717, 1.165) is 13.0 Å². The predicted octanol–water partition coefficient (Wildman–Crippen LogP) is 1.04. The highest BCUT2D eigenvalue weighted by Crippen LogP contribution is 2.42. The number of rotatable bonds is 5. The summed E-state index contributed by atoms with van der Waals surface area (Å²) in [7, 11) is 0. The molecule has 2 aromatic heterocycles. The summed E-state index contributed by atoms with van der Waals surface area (Å²) in [6.07, 6.45) is 3.59. The number of carbonyl (C=O) groups is 1. The van der Waals surface area contributed by atoms with Crippen LogP contribution in [-0.2, 0) is 24.3 Å². The van der Waals surface area contributed by atoms with E-state index in [9.17, 15) is 9.59 Å². The number of hydrogen-bond acceptors (Lipinski definition) is 4. The molecule has 6 nitrogen and oxygen atoms in total. The Bertz CT molecular complexity index is 1120. The van der Waals surface area contributed by atoms with E-state index >= 15 is 0 Å². The molecule has 0 radical (unpaired) electrons. The molecule has 3 heterocycles. The van der Waals surface area contributed by atoms with Crippen molar-refractivity contribution < 1.29 is 9.69 Å². The fourth-order valence-electron chi connectivity index (χ4n) is 4.57. The molecule has 1 aromatic carbocycles. The zero-order valence-corrected chi connectivity index (χ0v) is 16.4. The van der Waals surface area contributed by atoms with E-state index in [4.69, 9.17) is 10.7 Å². The highest BCUT2D eigenvalue weighted by molar-refractivity contribution is 7.10. The monoisotopic (exact) mass is 395 g/mol. The van der Waals surface area contributed by atoms with Crippen molar-refractivity contribution in [3.63, 3.8) is 0 Å². The Balaban J connectivity index is 1.57. The van der Waals surface area contributed by atoms with Gasteiger partial charge in [0.25, 0.3) is 5.56 Å². The lowest BCUT2D eigenvalue weighted by Gasteiger charge is -2.33. The van der Waals surface area contributed by atoms with Gasteiger partial charge in [0, 0.05) is 22.8 Å². The predicted molar refractivity (Wildman–Crippen MR) is 108 cm³/mol. The van der Waals surface area contributed by atoms with Gasteiger partial charge < -0.3 is 10.6 Å². The first kappa shape index (κ1) is 17.6. The second-order valence-corrected chi connectivity index (χ2v) is 8.85. The molecule has 2 aliphatic rings. The molecule has 0 spiro atoms. The summed E-state index contributed by atoms with van der Waals surface area (Å²) >= 11 is 1.85. The molecule has 1 unspecified atom stereocenters. The van der Waals surface area contributed by atoms with Crippen LogP contribution in [0.5, 0.6) is 0 Å². The van der Waals surface area contributed by atoms with Crippen LogP contribution < -0.4 is 16.2 Å². The second kappa shape index (κ2) is 6.83. The average Bonchev–Trinajstić information content (AvgIpc) is 3.40. The summed E-state index contributed by atoms with van der Waals surface area (Å²) in [5.41, 5.74) is 7.41. The first-order valence-electron chi connectivity index (χ1n) is 9.79. The first-order valence-corrected chi connectivity index (χ1v) is 10.7. The number of quaternary nitrogens is 1. The fourth-order valence-corrected chi connectivity index (χ4v) is 5.50. The Hall–Kier alpha value is -2.51. The van der Waals surface area contributed by atoms with E-state index in [0.29, 0.717) is 35.2 Å². The van der Waals surface area contributed by atoms with Gasteiger partial charge in [-0.3, -0.25) is 14.2 Å². The summed E-state index contributed by atoms with van der Waals surface area (Å²) in [6, 6.07) is 10.0. The lowest BCUT2D eigenvalue weighted by molar-refractivity contribution is -0.950. The molecule has 0 bridgehead atoms. The number of thiophene rings is 1. The number of carbonyl (C=O) groups excluding carboxylic acids is 1. The second-order valence-electron chi connectivity index (χ2n) is 7.85. The lowest BCUT2D eigenvalue weighted by atomic mass is 9.96. The normalized spacial score (nSPS) is 21.6. The SMILES string of the molecule is NC(=O)Cn1c(C[NH+]2CCc3sccc3[C@H]2C2CC2)nc2ccccc2c1=O. The Kier molecular flexibility index (Phi) is 4.29. The Labute approximate surface area is 166 Å². The maximum Gasteiger partial charge on any atom is 0.262 e. The minimum absolute atomic E-state index is 0.128. The van der Waals surface area contributed by atoms with Crippen LogP contribution in [0, 0.1) is 5.92 Å². The summed E-state index contributed by atoms with van der Waals surface area (Å²) in [5, 5.41) is 2.72. The van der Waals surface area contributed by atoms with Crippen molar-refractivity contribution in [2.75, 3.05) is 6.54 Å². The van der Waals surface area contributed by atoms with Crippen LogP contribution in [0.25, 0.3) is 10.9 Å². The van der Waals surface area contributed by atoms with Crippen LogP contribution in [0.1, 0.15) is 35.1 Å². The van der Waals surface area contributed by atoms with Crippen molar-refractivity contribution in [3.8, 4) is 0 Å². The molecule has 1 saturated carbocycles. The molecule has 1 fully saturated rings. The molecular formula is C21H23N4O2S+. The van der Waals surface area contributed by atoms with E-state index in [1.807, 2.05) is 29.5 Å². The Morgan fingerprint density at radius 3 is 2.89 bits per heavy atom. The standard InChI is InChI=1S/C21H22N4O2S/c22-18(26)11-25-19(23-16-4-2-1-3-14(16)21(25)27)12-24-9-7-17-15(8-10-28-17)20(24)13-5-6-13/h1-4,8,10,13,20H,5-7,9,11-12H2,(H2,22,26)/p+1/t20-/m1/s1. The van der Waals surface area contributed by atoms with Gasteiger partial charge in [0.2, 0.25) is 5.91 Å². The van der Waals surface area contributed by atoms with Crippen molar-refractivity contribution in [3.05, 3.63) is 62.3 Å². The highest BCUT2D eigenvalue weighted by atomic mass is 32.1. The number of benzene rings is 1. The number of fused-ring (bicyclic) bond motifs is 2. The van der Waals surface area contributed by atoms with Gasteiger partial charge in [-0.15, -0.1) is 11.3 Å². The third-order valence-corrected chi connectivity index (χ3v) is 6.96. The minimum atomic E-state index is -0.520. The molecule has 5 rings (SSSR count). The van der Waals surface area contributed by atoms with E-state index in [1.165, 1.54) is 32.7 Å². The maximum atomic E-state index is 13.0. The topological polar surface area (TPSA) is 82.4 Å². The summed E-state index contributed by atoms with van der Waals surface area (Å²) < 4.78 is 1.48. The smallest absolute Gasteiger partial charge is 0.262 e. The van der Waals surface area contributed by atoms with Gasteiger partial charge in [0.1, 0.15) is 19.1 Å². The van der Waals surface area contributed by atoms with Crippen LogP contribution in [0.3, 0.4) is 0 Å². The number of para-hydroxylation sites is 1. The summed E-state index contributed by atoms with van der Waals surface area (Å²) in [5.74, 6) is 0.843. The van der Waals surface area contributed by atoms with Crippen molar-refractivity contribution in [2.45, 2.75) is 38.4 Å². The molecule has 144 valence electrons. The zero-order valence-electron chi connectivity index (χ0n) is 15.6. The molecule has 2 atom stereocenters. The van der Waals surface area contributed by atoms with Gasteiger partial charge in [0.15, 0.2) is 5.82 Å². The maximum absolute atomic E-state index is 13.0. The van der Waals surface area contributed by atoms with Gasteiger partial charge in [0.05, 0.1) is 17.4 Å². The van der Waals surface area contributed by atoms with E-state index in [2.05, 4.69) is 11.4 Å². The lowest BCUT2D eigenvalue weighted by Crippen LogP contribution is -3.12. The number of hydrogen-bond donors (Lipinski definition) is 2. The Morgan fingerprint density at radius 2 is 2.11 bits per heavy atom. The van der Waals surface area contributed by atoms with Crippen LogP contribution in [0.4, 0.5) is 0 Å². The molecule has 1 aliphatic heterocycles. The van der Waals surface area contributed by atoms with Crippen molar-refractivity contribution in [1.29, 1.82) is 0 Å². The van der Waals surface area contributed by atoms with Gasteiger partial charge in [-0.1, -0.05) is 12.1 Å². The minimum Gasteiger partial charge on any atom is -0.368 e. The first-order chi connectivity index (χ1) is 13.6. The fraction of sp³-hybridized carbons (Fsp3) is 0.381. The number of aromatic nitrogens is 2. The van der Waals surface area contributed by atoms with E-state index in [1.54, 1.807) is 6.07 Å². The average molecular weight is 396 g/mol. The molecule has 0 saturated heterocycles. The molecule has 7 heteroatoms. The third kappa shape index (κ3) is 3.04. The Morgan fingerprint density at radius 1 is 1.29 bits per heavy atom. The van der Waals surface area contributed by atoms with Crippen molar-refractivity contribution in [1.82, 2.24) is 9.55 Å². The molecule has 28 heavy (non-hydrogen) atoms. The van der Waals surface area contributed by atoms with Crippen LogP contribution >= 0.6 is 11.3 Å². The molecular weight excluding hydrogens is 372 g/mol. The zero-order chi connectivity index (χ0) is 19.3. The van der Waals surface area contributed by atoms with Gasteiger partial charge in [-0.05, 0) is 36.4 Å².